The molecule has 2 aromatic carbocycles. The average molecular weight is 368 g/mol. The van der Waals surface area contributed by atoms with Gasteiger partial charge in [0, 0.05) is 20.1 Å². The third-order valence-electron chi connectivity index (χ3n) is 4.33. The van der Waals surface area contributed by atoms with Crippen molar-refractivity contribution in [3.8, 4) is 17.2 Å². The molecule has 1 saturated heterocycles. The zero-order valence-corrected chi connectivity index (χ0v) is 15.1. The number of ether oxygens (including phenoxy) is 2. The number of methoxy groups -OCH3 is 1. The van der Waals surface area contributed by atoms with Crippen LogP contribution in [0.25, 0.3) is 0 Å². The molecule has 0 aromatic heterocycles. The highest BCUT2D eigenvalue weighted by atomic mass is 16.5. The van der Waals surface area contributed by atoms with Crippen molar-refractivity contribution in [2.24, 2.45) is 5.92 Å². The second-order valence-electron chi connectivity index (χ2n) is 6.22. The molecule has 1 aliphatic heterocycles. The van der Waals surface area contributed by atoms with E-state index in [-0.39, 0.29) is 13.1 Å². The lowest BCUT2D eigenvalue weighted by Gasteiger charge is -2.12. The van der Waals surface area contributed by atoms with E-state index in [9.17, 15) is 14.4 Å². The van der Waals surface area contributed by atoms with E-state index >= 15 is 0 Å². The van der Waals surface area contributed by atoms with E-state index in [1.807, 2.05) is 36.4 Å². The highest BCUT2D eigenvalue weighted by Gasteiger charge is 2.41. The number of rotatable bonds is 6. The van der Waals surface area contributed by atoms with Crippen LogP contribution in [0.15, 0.2) is 48.5 Å². The number of benzene rings is 2. The monoisotopic (exact) mass is 368 g/mol. The fraction of sp³-hybridized carbons (Fsp3) is 0.250. The Morgan fingerprint density at radius 1 is 1.11 bits per heavy atom. The Morgan fingerprint density at radius 3 is 2.37 bits per heavy atom. The smallest absolute Gasteiger partial charge is 0.290 e. The number of hydrogen-bond acceptors (Lipinski definition) is 5. The molecular formula is C20H20N2O5. The second-order valence-corrected chi connectivity index (χ2v) is 6.22. The van der Waals surface area contributed by atoms with Crippen molar-refractivity contribution < 1.29 is 23.9 Å². The van der Waals surface area contributed by atoms with Crippen LogP contribution < -0.4 is 14.8 Å². The van der Waals surface area contributed by atoms with Gasteiger partial charge < -0.3 is 19.7 Å². The zero-order chi connectivity index (χ0) is 19.4. The predicted molar refractivity (Wildman–Crippen MR) is 97.5 cm³/mol. The molecular weight excluding hydrogens is 348 g/mol. The third-order valence-corrected chi connectivity index (χ3v) is 4.33. The van der Waals surface area contributed by atoms with Gasteiger partial charge >= 0.3 is 0 Å². The summed E-state index contributed by atoms with van der Waals surface area (Å²) in [6, 6.07) is 14.5. The Morgan fingerprint density at radius 2 is 1.78 bits per heavy atom. The lowest BCUT2D eigenvalue weighted by atomic mass is 10.1. The summed E-state index contributed by atoms with van der Waals surface area (Å²) in [7, 11) is 3.09. The Hall–Kier alpha value is -3.35. The van der Waals surface area contributed by atoms with Gasteiger partial charge in [0.2, 0.25) is 11.7 Å². The molecule has 1 aliphatic rings. The van der Waals surface area contributed by atoms with Crippen LogP contribution in [0.2, 0.25) is 0 Å². The number of Topliss-reactive ketones (excluding diaryl/α,β-unsaturated/α-hetero) is 1. The summed E-state index contributed by atoms with van der Waals surface area (Å²) in [5, 5.41) is 2.70. The predicted octanol–water partition coefficient (Wildman–Crippen LogP) is 1.76. The Kier molecular flexibility index (Phi) is 5.40. The van der Waals surface area contributed by atoms with Crippen molar-refractivity contribution in [3.05, 3.63) is 54.1 Å². The van der Waals surface area contributed by atoms with E-state index in [2.05, 4.69) is 5.32 Å². The lowest BCUT2D eigenvalue weighted by molar-refractivity contribution is -0.142. The first-order chi connectivity index (χ1) is 13.0. The van der Waals surface area contributed by atoms with E-state index in [4.69, 9.17) is 9.47 Å². The highest BCUT2D eigenvalue weighted by molar-refractivity contribution is 6.42. The fourth-order valence-electron chi connectivity index (χ4n) is 2.80. The number of amides is 2. The largest absolute Gasteiger partial charge is 0.493 e. The first-order valence-electron chi connectivity index (χ1n) is 8.46. The molecule has 1 atom stereocenters. The van der Waals surface area contributed by atoms with Gasteiger partial charge in [0.25, 0.3) is 5.91 Å². The maximum Gasteiger partial charge on any atom is 0.290 e. The number of carbonyl (C=O) groups is 3. The maximum absolute atomic E-state index is 12.1. The van der Waals surface area contributed by atoms with Crippen LogP contribution in [-0.4, -0.2) is 43.2 Å². The second kappa shape index (κ2) is 7.90. The normalized spacial score (nSPS) is 16.4. The standard InChI is InChI=1S/C20H20N2O5/c1-22-12-15(18(23)20(22)25)19(24)21-11-13-7-9-14(10-8-13)27-17-6-4-3-5-16(17)26-2/h3-10,15H,11-12H2,1-2H3,(H,21,24). The van der Waals surface area contributed by atoms with Crippen molar-refractivity contribution in [2.75, 3.05) is 20.7 Å². The summed E-state index contributed by atoms with van der Waals surface area (Å²) in [4.78, 5) is 36.7. The summed E-state index contributed by atoms with van der Waals surface area (Å²) in [5.41, 5.74) is 0.848. The number of para-hydroxylation sites is 2. The van der Waals surface area contributed by atoms with Crippen molar-refractivity contribution in [1.82, 2.24) is 10.2 Å². The number of hydrogen-bond donors (Lipinski definition) is 1. The van der Waals surface area contributed by atoms with E-state index in [0.29, 0.717) is 17.2 Å². The minimum absolute atomic E-state index is 0.120. The van der Waals surface area contributed by atoms with Crippen LogP contribution in [-0.2, 0) is 20.9 Å². The molecule has 27 heavy (non-hydrogen) atoms. The minimum Gasteiger partial charge on any atom is -0.493 e. The Bertz CT molecular complexity index is 863. The molecule has 1 heterocycles. The molecule has 0 bridgehead atoms. The van der Waals surface area contributed by atoms with Crippen LogP contribution in [0, 0.1) is 5.92 Å². The quantitative estimate of drug-likeness (QED) is 0.620. The van der Waals surface area contributed by atoms with Gasteiger partial charge in [0.15, 0.2) is 11.5 Å². The molecule has 0 radical (unpaired) electrons. The number of likely N-dealkylation sites (N-methyl/N-ethyl adjacent to an activating group) is 1. The Balaban J connectivity index is 1.57. The SMILES string of the molecule is COc1ccccc1Oc1ccc(CNC(=O)C2CN(C)C(=O)C2=O)cc1. The molecule has 7 nitrogen and oxygen atoms in total. The third kappa shape index (κ3) is 4.08. The molecule has 7 heteroatoms. The molecule has 2 amide bonds. The summed E-state index contributed by atoms with van der Waals surface area (Å²) < 4.78 is 11.1. The number of nitrogens with one attached hydrogen (secondary N) is 1. The van der Waals surface area contributed by atoms with Crippen LogP contribution in [0.4, 0.5) is 0 Å². The van der Waals surface area contributed by atoms with Crippen LogP contribution >= 0.6 is 0 Å². The zero-order valence-electron chi connectivity index (χ0n) is 15.1. The first-order valence-corrected chi connectivity index (χ1v) is 8.46. The molecule has 2 aromatic rings. The van der Waals surface area contributed by atoms with Gasteiger partial charge in [-0.2, -0.15) is 0 Å². The summed E-state index contributed by atoms with van der Waals surface area (Å²) in [6.07, 6.45) is 0. The molecule has 1 unspecified atom stereocenters. The van der Waals surface area contributed by atoms with Gasteiger partial charge in [-0.3, -0.25) is 14.4 Å². The number of nitrogens with zero attached hydrogens (tertiary/aromatic N) is 1. The molecule has 0 saturated carbocycles. The number of likely N-dealkylation sites (tertiary alicyclic amines) is 1. The van der Waals surface area contributed by atoms with Crippen molar-refractivity contribution in [2.45, 2.75) is 6.54 Å². The molecule has 3 rings (SSSR count). The van der Waals surface area contributed by atoms with Crippen LogP contribution in [0.1, 0.15) is 5.56 Å². The van der Waals surface area contributed by atoms with Gasteiger partial charge in [0.1, 0.15) is 11.7 Å². The number of ketones is 1. The van der Waals surface area contributed by atoms with Crippen molar-refractivity contribution in [1.29, 1.82) is 0 Å². The van der Waals surface area contributed by atoms with Crippen molar-refractivity contribution >= 4 is 17.6 Å². The molecule has 0 spiro atoms. The molecule has 0 aliphatic carbocycles. The summed E-state index contributed by atoms with van der Waals surface area (Å²) in [5.74, 6) is -0.775. The summed E-state index contributed by atoms with van der Waals surface area (Å²) >= 11 is 0. The van der Waals surface area contributed by atoms with Crippen LogP contribution in [0.3, 0.4) is 0 Å². The topological polar surface area (TPSA) is 84.9 Å². The van der Waals surface area contributed by atoms with Gasteiger partial charge in [-0.1, -0.05) is 24.3 Å². The molecule has 140 valence electrons. The van der Waals surface area contributed by atoms with E-state index in [1.54, 1.807) is 19.2 Å². The molecule has 1 fully saturated rings. The van der Waals surface area contributed by atoms with E-state index in [0.717, 1.165) is 5.56 Å². The number of carbonyl (C=O) groups excluding carboxylic acids is 3. The minimum atomic E-state index is -0.935. The first kappa shape index (κ1) is 18.4. The van der Waals surface area contributed by atoms with Crippen LogP contribution in [0.5, 0.6) is 17.2 Å². The van der Waals surface area contributed by atoms with Crippen molar-refractivity contribution in [3.63, 3.8) is 0 Å². The van der Waals surface area contributed by atoms with E-state index in [1.165, 1.54) is 11.9 Å². The lowest BCUT2D eigenvalue weighted by Crippen LogP contribution is -2.35. The maximum atomic E-state index is 12.1. The summed E-state index contributed by atoms with van der Waals surface area (Å²) in [6.45, 7) is 0.380. The highest BCUT2D eigenvalue weighted by Crippen LogP contribution is 2.30. The van der Waals surface area contributed by atoms with E-state index < -0.39 is 23.5 Å². The van der Waals surface area contributed by atoms with Gasteiger partial charge in [-0.25, -0.2) is 0 Å². The average Bonchev–Trinajstić information content (AvgIpc) is 2.95. The molecule has 1 N–H and O–H groups in total. The van der Waals surface area contributed by atoms with Gasteiger partial charge in [-0.15, -0.1) is 0 Å². The van der Waals surface area contributed by atoms with Gasteiger partial charge in [-0.05, 0) is 29.8 Å². The Labute approximate surface area is 156 Å². The van der Waals surface area contributed by atoms with Gasteiger partial charge in [0.05, 0.1) is 7.11 Å². The fourth-order valence-corrected chi connectivity index (χ4v) is 2.80.